The van der Waals surface area contributed by atoms with Crippen molar-refractivity contribution in [3.05, 3.63) is 11.4 Å². The lowest BCUT2D eigenvalue weighted by Crippen LogP contribution is -2.31. The smallest absolute Gasteiger partial charge is 0.229 e. The van der Waals surface area contributed by atoms with Crippen LogP contribution in [0.5, 0.6) is 0 Å². The van der Waals surface area contributed by atoms with Crippen LogP contribution in [0.2, 0.25) is 0 Å². The molecule has 0 bridgehead atoms. The second-order valence-corrected chi connectivity index (χ2v) is 7.16. The third-order valence-electron chi connectivity index (χ3n) is 4.53. The van der Waals surface area contributed by atoms with E-state index >= 15 is 0 Å². The molecule has 1 aromatic heterocycles. The lowest BCUT2D eigenvalue weighted by atomic mass is 10.2. The number of likely N-dealkylation sites (tertiary alicyclic amines) is 1. The van der Waals surface area contributed by atoms with Gasteiger partial charge in [0.05, 0.1) is 18.3 Å². The number of nitrogens with zero attached hydrogens (tertiary/aromatic N) is 3. The summed E-state index contributed by atoms with van der Waals surface area (Å²) in [7, 11) is 0. The summed E-state index contributed by atoms with van der Waals surface area (Å²) in [5.74, 6) is 0.579. The number of imide groups is 1. The maximum atomic E-state index is 11.6. The number of rotatable bonds is 6. The Bertz CT molecular complexity index is 592. The van der Waals surface area contributed by atoms with Gasteiger partial charge in [-0.25, -0.2) is 4.98 Å². The molecule has 0 radical (unpaired) electrons. The Labute approximate surface area is 140 Å². The fourth-order valence-corrected chi connectivity index (χ4v) is 4.07. The molecule has 6 nitrogen and oxygen atoms in total. The molecule has 2 fully saturated rings. The Kier molecular flexibility index (Phi) is 5.06. The van der Waals surface area contributed by atoms with Crippen LogP contribution < -0.4 is 0 Å². The summed E-state index contributed by atoms with van der Waals surface area (Å²) in [6, 6.07) is 0. The van der Waals surface area contributed by atoms with Crippen molar-refractivity contribution < 1.29 is 14.3 Å². The molecule has 0 spiro atoms. The third kappa shape index (κ3) is 3.61. The Morgan fingerprint density at radius 3 is 2.65 bits per heavy atom. The minimum Gasteiger partial charge on any atom is -0.376 e. The predicted octanol–water partition coefficient (Wildman–Crippen LogP) is 1.92. The van der Waals surface area contributed by atoms with Crippen LogP contribution >= 0.6 is 11.8 Å². The van der Waals surface area contributed by atoms with Gasteiger partial charge in [-0.2, -0.15) is 0 Å². The van der Waals surface area contributed by atoms with E-state index in [0.29, 0.717) is 25.1 Å². The van der Waals surface area contributed by atoms with Gasteiger partial charge in [-0.1, -0.05) is 11.8 Å². The summed E-state index contributed by atoms with van der Waals surface area (Å²) in [6.07, 6.45) is 3.20. The van der Waals surface area contributed by atoms with E-state index < -0.39 is 0 Å². The summed E-state index contributed by atoms with van der Waals surface area (Å²) < 4.78 is 7.95. The highest BCUT2D eigenvalue weighted by atomic mass is 32.2. The SMILES string of the molecule is Cc1nc(SCCN2C(=O)CCC2=O)n(CC2CCCO2)c1C. The molecule has 2 aliphatic heterocycles. The summed E-state index contributed by atoms with van der Waals surface area (Å²) >= 11 is 1.61. The fourth-order valence-electron chi connectivity index (χ4n) is 3.04. The second kappa shape index (κ2) is 7.05. The standard InChI is InChI=1S/C16H23N3O3S/c1-11-12(2)19(10-13-4-3-8-22-13)16(17-11)23-9-7-18-14(20)5-6-15(18)21/h13H,3-10H2,1-2H3. The predicted molar refractivity (Wildman–Crippen MR) is 87.4 cm³/mol. The molecule has 3 rings (SSSR count). The maximum Gasteiger partial charge on any atom is 0.229 e. The number of imidazole rings is 1. The molecule has 2 amide bonds. The molecular weight excluding hydrogens is 314 g/mol. The number of amides is 2. The molecule has 0 saturated carbocycles. The lowest BCUT2D eigenvalue weighted by molar-refractivity contribution is -0.137. The van der Waals surface area contributed by atoms with Crippen molar-refractivity contribution >= 4 is 23.6 Å². The molecular formula is C16H23N3O3S. The van der Waals surface area contributed by atoms with Gasteiger partial charge in [-0.05, 0) is 26.7 Å². The van der Waals surface area contributed by atoms with E-state index in [1.165, 1.54) is 4.90 Å². The number of ether oxygens (including phenoxy) is 1. The first-order valence-electron chi connectivity index (χ1n) is 8.17. The van der Waals surface area contributed by atoms with Crippen LogP contribution in [0.15, 0.2) is 5.16 Å². The number of aryl methyl sites for hydroxylation is 1. The van der Waals surface area contributed by atoms with Gasteiger partial charge >= 0.3 is 0 Å². The number of hydrogen-bond donors (Lipinski definition) is 0. The van der Waals surface area contributed by atoms with Crippen molar-refractivity contribution in [2.75, 3.05) is 18.9 Å². The topological polar surface area (TPSA) is 64.4 Å². The van der Waals surface area contributed by atoms with Gasteiger partial charge in [0.1, 0.15) is 0 Å². The van der Waals surface area contributed by atoms with Crippen LogP contribution in [0.1, 0.15) is 37.1 Å². The highest BCUT2D eigenvalue weighted by molar-refractivity contribution is 7.99. The average molecular weight is 337 g/mol. The average Bonchev–Trinajstić information content (AvgIpc) is 3.21. The number of carbonyl (C=O) groups excluding carboxylic acids is 2. The molecule has 2 aliphatic rings. The molecule has 1 unspecified atom stereocenters. The van der Waals surface area contributed by atoms with E-state index in [-0.39, 0.29) is 17.9 Å². The van der Waals surface area contributed by atoms with Crippen LogP contribution in [-0.2, 0) is 20.9 Å². The van der Waals surface area contributed by atoms with Crippen LogP contribution in [0.4, 0.5) is 0 Å². The molecule has 1 atom stereocenters. The zero-order valence-corrected chi connectivity index (χ0v) is 14.5. The molecule has 23 heavy (non-hydrogen) atoms. The minimum absolute atomic E-state index is 0.0503. The van der Waals surface area contributed by atoms with E-state index in [2.05, 4.69) is 16.5 Å². The van der Waals surface area contributed by atoms with Crippen LogP contribution in [0, 0.1) is 13.8 Å². The monoisotopic (exact) mass is 337 g/mol. The van der Waals surface area contributed by atoms with E-state index in [4.69, 9.17) is 4.74 Å². The number of carbonyl (C=O) groups is 2. The summed E-state index contributed by atoms with van der Waals surface area (Å²) in [6.45, 7) is 6.23. The van der Waals surface area contributed by atoms with Gasteiger partial charge < -0.3 is 9.30 Å². The van der Waals surface area contributed by atoms with Crippen molar-refractivity contribution in [2.45, 2.75) is 57.3 Å². The van der Waals surface area contributed by atoms with E-state index in [1.54, 1.807) is 11.8 Å². The summed E-state index contributed by atoms with van der Waals surface area (Å²) in [5, 5.41) is 0.953. The first-order chi connectivity index (χ1) is 11.1. The van der Waals surface area contributed by atoms with Crippen molar-refractivity contribution in [3.63, 3.8) is 0 Å². The van der Waals surface area contributed by atoms with E-state index in [0.717, 1.165) is 42.5 Å². The van der Waals surface area contributed by atoms with Gasteiger partial charge in [0.25, 0.3) is 0 Å². The van der Waals surface area contributed by atoms with E-state index in [9.17, 15) is 9.59 Å². The van der Waals surface area contributed by atoms with E-state index in [1.807, 2.05) is 6.92 Å². The first-order valence-corrected chi connectivity index (χ1v) is 9.16. The molecule has 0 aromatic carbocycles. The molecule has 2 saturated heterocycles. The normalized spacial score (nSPS) is 21.7. The van der Waals surface area contributed by atoms with Gasteiger partial charge in [-0.3, -0.25) is 14.5 Å². The zero-order chi connectivity index (χ0) is 16.4. The molecule has 0 N–H and O–H groups in total. The fraction of sp³-hybridized carbons (Fsp3) is 0.688. The molecule has 3 heterocycles. The molecule has 0 aliphatic carbocycles. The summed E-state index contributed by atoms with van der Waals surface area (Å²) in [5.41, 5.74) is 2.19. The Morgan fingerprint density at radius 1 is 1.26 bits per heavy atom. The van der Waals surface area contributed by atoms with Crippen molar-refractivity contribution in [1.29, 1.82) is 0 Å². The maximum absolute atomic E-state index is 11.6. The van der Waals surface area contributed by atoms with Gasteiger partial charge in [0, 0.05) is 37.4 Å². The highest BCUT2D eigenvalue weighted by Crippen LogP contribution is 2.25. The first kappa shape index (κ1) is 16.5. The summed E-state index contributed by atoms with van der Waals surface area (Å²) in [4.78, 5) is 29.3. The van der Waals surface area contributed by atoms with Crippen LogP contribution in [-0.4, -0.2) is 51.3 Å². The Hall–Kier alpha value is -1.34. The third-order valence-corrected chi connectivity index (χ3v) is 5.49. The Balaban J connectivity index is 1.61. The number of hydrogen-bond acceptors (Lipinski definition) is 5. The largest absolute Gasteiger partial charge is 0.376 e. The number of aromatic nitrogens is 2. The number of thioether (sulfide) groups is 1. The van der Waals surface area contributed by atoms with Gasteiger partial charge in [0.15, 0.2) is 5.16 Å². The molecule has 126 valence electrons. The van der Waals surface area contributed by atoms with Crippen LogP contribution in [0.3, 0.4) is 0 Å². The van der Waals surface area contributed by atoms with Gasteiger partial charge in [-0.15, -0.1) is 0 Å². The quantitative estimate of drug-likeness (QED) is 0.586. The van der Waals surface area contributed by atoms with Gasteiger partial charge in [0.2, 0.25) is 11.8 Å². The van der Waals surface area contributed by atoms with Crippen molar-refractivity contribution in [3.8, 4) is 0 Å². The molecule has 7 heteroatoms. The van der Waals surface area contributed by atoms with Crippen molar-refractivity contribution in [1.82, 2.24) is 14.5 Å². The highest BCUT2D eigenvalue weighted by Gasteiger charge is 2.28. The van der Waals surface area contributed by atoms with Crippen LogP contribution in [0.25, 0.3) is 0 Å². The minimum atomic E-state index is -0.0503. The zero-order valence-electron chi connectivity index (χ0n) is 13.7. The molecule has 1 aromatic rings. The van der Waals surface area contributed by atoms with Crippen molar-refractivity contribution in [2.24, 2.45) is 0 Å². The lowest BCUT2D eigenvalue weighted by Gasteiger charge is -2.16. The Morgan fingerprint density at radius 2 is 2.00 bits per heavy atom. The second-order valence-electron chi connectivity index (χ2n) is 6.10.